The number of fused-ring (bicyclic) bond motifs is 1. The van der Waals surface area contributed by atoms with E-state index in [2.05, 4.69) is 15.3 Å². The molecule has 0 aliphatic heterocycles. The Morgan fingerprint density at radius 1 is 0.816 bits per heavy atom. The molecule has 4 nitrogen and oxygen atoms in total. The number of halogens is 6. The zero-order valence-corrected chi connectivity index (χ0v) is 21.0. The molecular weight excluding hydrogens is 506 g/mol. The van der Waals surface area contributed by atoms with Gasteiger partial charge in [0.1, 0.15) is 5.82 Å². The maximum atomic E-state index is 13.9. The molecule has 1 N–H and O–H groups in total. The van der Waals surface area contributed by atoms with Crippen molar-refractivity contribution in [1.82, 2.24) is 14.9 Å². The van der Waals surface area contributed by atoms with E-state index in [-0.39, 0.29) is 22.5 Å². The van der Waals surface area contributed by atoms with Crippen molar-refractivity contribution in [2.45, 2.75) is 25.7 Å². The summed E-state index contributed by atoms with van der Waals surface area (Å²) in [6.45, 7) is 3.20. The highest BCUT2D eigenvalue weighted by molar-refractivity contribution is 5.92. The van der Waals surface area contributed by atoms with E-state index in [0.29, 0.717) is 23.3 Å². The van der Waals surface area contributed by atoms with E-state index in [0.717, 1.165) is 42.8 Å². The van der Waals surface area contributed by atoms with Crippen molar-refractivity contribution in [3.05, 3.63) is 77.4 Å². The van der Waals surface area contributed by atoms with Gasteiger partial charge in [-0.25, -0.2) is 9.97 Å². The molecule has 0 amide bonds. The first-order valence-electron chi connectivity index (χ1n) is 11.9. The normalized spacial score (nSPS) is 12.4. The molecule has 3 aromatic carbocycles. The van der Waals surface area contributed by atoms with Crippen LogP contribution in [-0.2, 0) is 12.4 Å². The fraction of sp³-hybridized carbons (Fsp3) is 0.286. The van der Waals surface area contributed by atoms with Gasteiger partial charge in [-0.2, -0.15) is 26.3 Å². The first-order chi connectivity index (χ1) is 17.8. The molecule has 1 heterocycles. The molecule has 4 aromatic rings. The number of rotatable bonds is 7. The molecule has 0 unspecified atom stereocenters. The van der Waals surface area contributed by atoms with Crippen molar-refractivity contribution in [2.24, 2.45) is 0 Å². The van der Waals surface area contributed by atoms with Crippen molar-refractivity contribution in [3.63, 3.8) is 0 Å². The van der Waals surface area contributed by atoms with Gasteiger partial charge >= 0.3 is 12.4 Å². The average molecular weight is 533 g/mol. The van der Waals surface area contributed by atoms with Gasteiger partial charge < -0.3 is 10.2 Å². The zero-order valence-electron chi connectivity index (χ0n) is 21.0. The Hall–Kier alpha value is -3.66. The number of hydrogen-bond donors (Lipinski definition) is 1. The van der Waals surface area contributed by atoms with Crippen LogP contribution in [0.1, 0.15) is 23.1 Å². The maximum absolute atomic E-state index is 13.9. The molecule has 0 saturated carbocycles. The molecule has 0 saturated heterocycles. The number of aryl methyl sites for hydroxylation is 1. The molecule has 0 atom stereocenters. The van der Waals surface area contributed by atoms with Crippen LogP contribution >= 0.6 is 0 Å². The van der Waals surface area contributed by atoms with Gasteiger partial charge in [0.15, 0.2) is 5.82 Å². The molecule has 1 aromatic heterocycles. The highest BCUT2D eigenvalue weighted by Gasteiger charge is 2.35. The van der Waals surface area contributed by atoms with Crippen molar-refractivity contribution < 1.29 is 26.3 Å². The third kappa shape index (κ3) is 6.07. The van der Waals surface area contributed by atoms with Crippen LogP contribution in [-0.4, -0.2) is 42.1 Å². The minimum absolute atomic E-state index is 0.0150. The number of anilines is 1. The predicted molar refractivity (Wildman–Crippen MR) is 137 cm³/mol. The summed E-state index contributed by atoms with van der Waals surface area (Å²) in [5.74, 6) is 0.431. The average Bonchev–Trinajstić information content (AvgIpc) is 2.85. The maximum Gasteiger partial charge on any atom is 0.417 e. The van der Waals surface area contributed by atoms with E-state index in [4.69, 9.17) is 0 Å². The summed E-state index contributed by atoms with van der Waals surface area (Å²) in [7, 11) is 3.90. The largest absolute Gasteiger partial charge is 0.417 e. The fourth-order valence-corrected chi connectivity index (χ4v) is 4.22. The summed E-state index contributed by atoms with van der Waals surface area (Å²) in [5.41, 5.74) is -1.39. The molecule has 0 aliphatic rings. The lowest BCUT2D eigenvalue weighted by Gasteiger charge is -2.17. The fourth-order valence-electron chi connectivity index (χ4n) is 4.22. The number of aromatic nitrogens is 2. The molecule has 10 heteroatoms. The quantitative estimate of drug-likeness (QED) is 0.196. The summed E-state index contributed by atoms with van der Waals surface area (Å²) in [5, 5.41) is 3.95. The van der Waals surface area contributed by atoms with Gasteiger partial charge in [0.25, 0.3) is 0 Å². The number of nitrogens with one attached hydrogen (secondary N) is 1. The molecule has 4 rings (SSSR count). The lowest BCUT2D eigenvalue weighted by atomic mass is 9.95. The van der Waals surface area contributed by atoms with Crippen LogP contribution in [0.25, 0.3) is 33.4 Å². The number of hydrogen-bond acceptors (Lipinski definition) is 4. The van der Waals surface area contributed by atoms with Crippen LogP contribution in [0, 0.1) is 6.92 Å². The Morgan fingerprint density at radius 2 is 1.53 bits per heavy atom. The number of para-hydroxylation sites is 1. The van der Waals surface area contributed by atoms with E-state index in [9.17, 15) is 26.3 Å². The Kier molecular flexibility index (Phi) is 7.64. The SMILES string of the molecule is Cc1cccc2c(NCCCN(C)C)nc(-c3cc(-c4ccccc4C(F)(F)F)cc(C(F)(F)F)c3)nc12. The first-order valence-corrected chi connectivity index (χ1v) is 11.9. The van der Waals surface area contributed by atoms with Crippen molar-refractivity contribution in [1.29, 1.82) is 0 Å². The van der Waals surface area contributed by atoms with Crippen LogP contribution in [0.15, 0.2) is 60.7 Å². The smallest absolute Gasteiger partial charge is 0.369 e. The second kappa shape index (κ2) is 10.6. The Labute approximate surface area is 216 Å². The summed E-state index contributed by atoms with van der Waals surface area (Å²) < 4.78 is 82.8. The van der Waals surface area contributed by atoms with Crippen molar-refractivity contribution in [2.75, 3.05) is 32.5 Å². The van der Waals surface area contributed by atoms with Crippen LogP contribution in [0.2, 0.25) is 0 Å². The predicted octanol–water partition coefficient (Wildman–Crippen LogP) is 7.67. The summed E-state index contributed by atoms with van der Waals surface area (Å²) in [6, 6.07) is 12.9. The summed E-state index contributed by atoms with van der Waals surface area (Å²) in [6.07, 6.45) is -8.75. The van der Waals surface area contributed by atoms with Crippen molar-refractivity contribution >= 4 is 16.7 Å². The Balaban J connectivity index is 1.90. The van der Waals surface area contributed by atoms with E-state index < -0.39 is 23.5 Å². The second-order valence-electron chi connectivity index (χ2n) is 9.29. The van der Waals surface area contributed by atoms with Crippen LogP contribution < -0.4 is 5.32 Å². The molecule has 0 fully saturated rings. The van der Waals surface area contributed by atoms with Crippen LogP contribution in [0.5, 0.6) is 0 Å². The monoisotopic (exact) mass is 532 g/mol. The Morgan fingerprint density at radius 3 is 2.21 bits per heavy atom. The molecule has 38 heavy (non-hydrogen) atoms. The highest BCUT2D eigenvalue weighted by Crippen LogP contribution is 2.41. The third-order valence-electron chi connectivity index (χ3n) is 6.06. The number of alkyl halides is 6. The lowest BCUT2D eigenvalue weighted by Crippen LogP contribution is -2.17. The van der Waals surface area contributed by atoms with Gasteiger partial charge in [-0.1, -0.05) is 30.3 Å². The topological polar surface area (TPSA) is 41.0 Å². The lowest BCUT2D eigenvalue weighted by molar-refractivity contribution is -0.137. The molecular formula is C28H26F6N4. The zero-order chi connectivity index (χ0) is 27.7. The highest BCUT2D eigenvalue weighted by atomic mass is 19.4. The Bertz CT molecular complexity index is 1440. The van der Waals surface area contributed by atoms with Gasteiger partial charge in [0.05, 0.1) is 16.6 Å². The first kappa shape index (κ1) is 27.4. The van der Waals surface area contributed by atoms with Gasteiger partial charge in [-0.05, 0) is 81.0 Å². The van der Waals surface area contributed by atoms with Crippen molar-refractivity contribution in [3.8, 4) is 22.5 Å². The molecule has 200 valence electrons. The van der Waals surface area contributed by atoms with Gasteiger partial charge in [0.2, 0.25) is 0 Å². The molecule has 0 bridgehead atoms. The summed E-state index contributed by atoms with van der Waals surface area (Å²) >= 11 is 0. The summed E-state index contributed by atoms with van der Waals surface area (Å²) in [4.78, 5) is 11.1. The number of benzene rings is 3. The van der Waals surface area contributed by atoms with E-state index in [1.54, 1.807) is 0 Å². The van der Waals surface area contributed by atoms with E-state index >= 15 is 0 Å². The molecule has 0 radical (unpaired) electrons. The van der Waals surface area contributed by atoms with Gasteiger partial charge in [-0.15, -0.1) is 0 Å². The van der Waals surface area contributed by atoms with E-state index in [1.165, 1.54) is 18.2 Å². The van der Waals surface area contributed by atoms with Crippen LogP contribution in [0.3, 0.4) is 0 Å². The van der Waals surface area contributed by atoms with Gasteiger partial charge in [-0.3, -0.25) is 0 Å². The second-order valence-corrected chi connectivity index (χ2v) is 9.29. The minimum atomic E-state index is -4.79. The molecule has 0 aliphatic carbocycles. The van der Waals surface area contributed by atoms with E-state index in [1.807, 2.05) is 44.1 Å². The van der Waals surface area contributed by atoms with Gasteiger partial charge in [0, 0.05) is 17.5 Å². The number of nitrogens with zero attached hydrogens (tertiary/aromatic N) is 3. The molecule has 0 spiro atoms. The van der Waals surface area contributed by atoms with Crippen LogP contribution in [0.4, 0.5) is 32.2 Å². The standard InChI is InChI=1S/C28H26F6N4/c1-17-8-6-10-22-24(17)36-25(37-26(22)35-12-7-13-38(2)3)19-14-18(15-20(16-19)27(29,30)31)21-9-4-5-11-23(21)28(32,33)34/h4-6,8-11,14-16H,7,12-13H2,1-3H3,(H,35,36,37). The minimum Gasteiger partial charge on any atom is -0.369 e. The third-order valence-corrected chi connectivity index (χ3v) is 6.06.